The molecule has 0 aliphatic heterocycles. The zero-order valence-corrected chi connectivity index (χ0v) is 10.9. The van der Waals surface area contributed by atoms with Crippen molar-refractivity contribution in [3.05, 3.63) is 28.6 Å². The molecule has 0 amide bonds. The third kappa shape index (κ3) is 2.25. The van der Waals surface area contributed by atoms with E-state index in [9.17, 15) is 0 Å². The largest absolute Gasteiger partial charge is 0.496 e. The van der Waals surface area contributed by atoms with Crippen molar-refractivity contribution in [1.82, 2.24) is 4.98 Å². The molecule has 0 spiro atoms. The Morgan fingerprint density at radius 1 is 1.35 bits per heavy atom. The van der Waals surface area contributed by atoms with Crippen LogP contribution in [-0.2, 0) is 0 Å². The molecule has 2 rings (SSSR count). The van der Waals surface area contributed by atoms with E-state index in [1.807, 2.05) is 26.0 Å². The number of hydrogen-bond donors (Lipinski definition) is 2. The van der Waals surface area contributed by atoms with Gasteiger partial charge in [-0.2, -0.15) is 0 Å². The zero-order chi connectivity index (χ0) is 12.4. The molecule has 0 bridgehead atoms. The summed E-state index contributed by atoms with van der Waals surface area (Å²) in [6.45, 7) is 4.06. The summed E-state index contributed by atoms with van der Waals surface area (Å²) in [5.74, 6) is 6.25. The van der Waals surface area contributed by atoms with E-state index in [-0.39, 0.29) is 0 Å². The number of nitrogens with one attached hydrogen (secondary N) is 1. The number of thiazole rings is 1. The van der Waals surface area contributed by atoms with Crippen LogP contribution >= 0.6 is 11.3 Å². The minimum Gasteiger partial charge on any atom is -0.496 e. The van der Waals surface area contributed by atoms with Gasteiger partial charge in [-0.3, -0.25) is 5.43 Å². The molecule has 2 aromatic rings. The predicted octanol–water partition coefficient (Wildman–Crippen LogP) is 2.72. The van der Waals surface area contributed by atoms with Gasteiger partial charge in [-0.1, -0.05) is 0 Å². The summed E-state index contributed by atoms with van der Waals surface area (Å²) < 4.78 is 5.24. The molecule has 0 aliphatic rings. The van der Waals surface area contributed by atoms with Crippen LogP contribution in [0.2, 0.25) is 0 Å². The summed E-state index contributed by atoms with van der Waals surface area (Å²) in [4.78, 5) is 5.58. The van der Waals surface area contributed by atoms with Crippen LogP contribution in [0.3, 0.4) is 0 Å². The van der Waals surface area contributed by atoms with Crippen molar-refractivity contribution in [3.8, 4) is 17.0 Å². The van der Waals surface area contributed by atoms with E-state index in [1.165, 1.54) is 0 Å². The van der Waals surface area contributed by atoms with Crippen LogP contribution in [-0.4, -0.2) is 12.1 Å². The molecule has 1 aromatic carbocycles. The molecule has 4 nitrogen and oxygen atoms in total. The van der Waals surface area contributed by atoms with Crippen LogP contribution in [0.25, 0.3) is 11.3 Å². The first-order valence-electron chi connectivity index (χ1n) is 5.24. The summed E-state index contributed by atoms with van der Waals surface area (Å²) in [7, 11) is 1.67. The number of nitrogens with two attached hydrogens (primary N) is 1. The number of methoxy groups -OCH3 is 1. The van der Waals surface area contributed by atoms with Crippen molar-refractivity contribution < 1.29 is 4.74 Å². The Labute approximate surface area is 104 Å². The van der Waals surface area contributed by atoms with E-state index in [4.69, 9.17) is 10.6 Å². The predicted molar refractivity (Wildman–Crippen MR) is 71.4 cm³/mol. The molecule has 1 heterocycles. The number of benzene rings is 1. The van der Waals surface area contributed by atoms with Gasteiger partial charge in [0.05, 0.1) is 12.8 Å². The van der Waals surface area contributed by atoms with Gasteiger partial charge in [0.2, 0.25) is 0 Å². The maximum absolute atomic E-state index is 5.36. The number of hydrogen-bond acceptors (Lipinski definition) is 5. The van der Waals surface area contributed by atoms with E-state index < -0.39 is 0 Å². The summed E-state index contributed by atoms with van der Waals surface area (Å²) in [6, 6.07) is 6.04. The first-order valence-corrected chi connectivity index (χ1v) is 6.06. The Morgan fingerprint density at radius 3 is 2.65 bits per heavy atom. The highest BCUT2D eigenvalue weighted by molar-refractivity contribution is 7.15. The Morgan fingerprint density at radius 2 is 2.12 bits per heavy atom. The highest BCUT2D eigenvalue weighted by atomic mass is 32.1. The van der Waals surface area contributed by atoms with E-state index in [0.29, 0.717) is 0 Å². The molecule has 0 fully saturated rings. The van der Waals surface area contributed by atoms with Gasteiger partial charge in [0, 0.05) is 10.4 Å². The van der Waals surface area contributed by atoms with Gasteiger partial charge in [-0.05, 0) is 37.6 Å². The minimum atomic E-state index is 0.728. The fraction of sp³-hybridized carbons (Fsp3) is 0.250. The van der Waals surface area contributed by atoms with Crippen LogP contribution in [0.4, 0.5) is 5.13 Å². The summed E-state index contributed by atoms with van der Waals surface area (Å²) in [6.07, 6.45) is 0. The fourth-order valence-electron chi connectivity index (χ4n) is 1.75. The lowest BCUT2D eigenvalue weighted by atomic mass is 10.1. The maximum Gasteiger partial charge on any atom is 0.197 e. The smallest absolute Gasteiger partial charge is 0.197 e. The normalized spacial score (nSPS) is 10.4. The van der Waals surface area contributed by atoms with Gasteiger partial charge >= 0.3 is 0 Å². The molecule has 0 saturated carbocycles. The first-order chi connectivity index (χ1) is 8.15. The average Bonchev–Trinajstić information content (AvgIpc) is 2.70. The second-order valence-electron chi connectivity index (χ2n) is 3.75. The number of hydrazine groups is 1. The molecule has 17 heavy (non-hydrogen) atoms. The molecule has 0 saturated heterocycles. The van der Waals surface area contributed by atoms with Crippen LogP contribution < -0.4 is 16.0 Å². The Kier molecular flexibility index (Phi) is 3.31. The highest BCUT2D eigenvalue weighted by Crippen LogP contribution is 2.32. The van der Waals surface area contributed by atoms with Gasteiger partial charge in [-0.25, -0.2) is 10.8 Å². The number of rotatable bonds is 3. The molecule has 0 radical (unpaired) electrons. The third-order valence-corrected chi connectivity index (χ3v) is 3.49. The van der Waals surface area contributed by atoms with E-state index >= 15 is 0 Å². The third-order valence-electron chi connectivity index (χ3n) is 2.59. The number of nitrogen functional groups attached to an aromatic ring is 1. The number of aromatic nitrogens is 1. The molecule has 0 unspecified atom stereocenters. The second-order valence-corrected chi connectivity index (χ2v) is 4.96. The summed E-state index contributed by atoms with van der Waals surface area (Å²) >= 11 is 1.55. The molecule has 3 N–H and O–H groups in total. The quantitative estimate of drug-likeness (QED) is 0.648. The van der Waals surface area contributed by atoms with Gasteiger partial charge in [0.1, 0.15) is 5.75 Å². The minimum absolute atomic E-state index is 0.728. The lowest BCUT2D eigenvalue weighted by Crippen LogP contribution is -2.05. The lowest BCUT2D eigenvalue weighted by Gasteiger charge is -2.06. The first kappa shape index (κ1) is 11.9. The molecule has 5 heteroatoms. The highest BCUT2D eigenvalue weighted by Gasteiger charge is 2.10. The van der Waals surface area contributed by atoms with Crippen LogP contribution in [0, 0.1) is 13.8 Å². The van der Waals surface area contributed by atoms with Gasteiger partial charge in [-0.15, -0.1) is 11.3 Å². The average molecular weight is 249 g/mol. The molecule has 0 aliphatic carbocycles. The van der Waals surface area contributed by atoms with Crippen molar-refractivity contribution >= 4 is 16.5 Å². The van der Waals surface area contributed by atoms with Crippen molar-refractivity contribution in [2.24, 2.45) is 5.84 Å². The van der Waals surface area contributed by atoms with Crippen LogP contribution in [0.1, 0.15) is 10.4 Å². The zero-order valence-electron chi connectivity index (χ0n) is 10.1. The van der Waals surface area contributed by atoms with Crippen LogP contribution in [0.5, 0.6) is 5.75 Å². The monoisotopic (exact) mass is 249 g/mol. The van der Waals surface area contributed by atoms with Gasteiger partial charge < -0.3 is 4.74 Å². The molecular weight excluding hydrogens is 234 g/mol. The molecular formula is C12H15N3OS. The number of ether oxygens (including phenoxy) is 1. The van der Waals surface area contributed by atoms with Gasteiger partial charge in [0.15, 0.2) is 5.13 Å². The number of anilines is 1. The van der Waals surface area contributed by atoms with E-state index in [0.717, 1.165) is 32.6 Å². The van der Waals surface area contributed by atoms with Crippen molar-refractivity contribution in [2.75, 3.05) is 12.5 Å². The molecule has 90 valence electrons. The summed E-state index contributed by atoms with van der Waals surface area (Å²) in [5, 5.41) is 0.728. The summed E-state index contributed by atoms with van der Waals surface area (Å²) in [5.41, 5.74) is 5.72. The SMILES string of the molecule is COc1ccc(-c2nc(NN)sc2C)cc1C. The van der Waals surface area contributed by atoms with Crippen LogP contribution in [0.15, 0.2) is 18.2 Å². The second kappa shape index (κ2) is 4.73. The standard InChI is InChI=1S/C12H15N3OS/c1-7-6-9(4-5-10(7)16-3)11-8(2)17-12(14-11)15-13/h4-6H,13H2,1-3H3,(H,14,15). The Bertz CT molecular complexity index is 537. The molecule has 1 aromatic heterocycles. The van der Waals surface area contributed by atoms with E-state index in [1.54, 1.807) is 18.4 Å². The number of aryl methyl sites for hydroxylation is 2. The number of nitrogens with zero attached hydrogens (tertiary/aromatic N) is 1. The maximum atomic E-state index is 5.36. The lowest BCUT2D eigenvalue weighted by molar-refractivity contribution is 0.412. The topological polar surface area (TPSA) is 60.2 Å². The van der Waals surface area contributed by atoms with Crippen molar-refractivity contribution in [3.63, 3.8) is 0 Å². The van der Waals surface area contributed by atoms with E-state index in [2.05, 4.69) is 16.5 Å². The Hall–Kier alpha value is -1.59. The molecule has 0 atom stereocenters. The Balaban J connectivity index is 2.45. The fourth-order valence-corrected chi connectivity index (χ4v) is 2.50. The van der Waals surface area contributed by atoms with Crippen molar-refractivity contribution in [2.45, 2.75) is 13.8 Å². The van der Waals surface area contributed by atoms with Crippen molar-refractivity contribution in [1.29, 1.82) is 0 Å². The van der Waals surface area contributed by atoms with Gasteiger partial charge in [0.25, 0.3) is 0 Å².